The quantitative estimate of drug-likeness (QED) is 0.356. The van der Waals surface area contributed by atoms with Crippen molar-refractivity contribution < 1.29 is 23.8 Å². The normalized spacial score (nSPS) is 24.4. The summed E-state index contributed by atoms with van der Waals surface area (Å²) in [4.78, 5) is 23.2. The summed E-state index contributed by atoms with van der Waals surface area (Å²) in [5.41, 5.74) is 0.329. The van der Waals surface area contributed by atoms with Crippen molar-refractivity contribution in [3.63, 3.8) is 0 Å². The van der Waals surface area contributed by atoms with E-state index in [0.29, 0.717) is 20.9 Å². The van der Waals surface area contributed by atoms with E-state index in [0.717, 1.165) is 6.42 Å². The first-order valence-corrected chi connectivity index (χ1v) is 8.15. The molecule has 0 saturated heterocycles. The first kappa shape index (κ1) is 16.9. The predicted molar refractivity (Wildman–Crippen MR) is 81.1 cm³/mol. The van der Waals surface area contributed by atoms with E-state index in [1.807, 2.05) is 6.92 Å². The largest absolute Gasteiger partial charge is 0.457 e. The Kier molecular flexibility index (Phi) is 6.25. The molecule has 0 aromatic heterocycles. The van der Waals surface area contributed by atoms with Crippen LogP contribution in [-0.4, -0.2) is 35.4 Å². The molecule has 0 unspecified atom stereocenters. The van der Waals surface area contributed by atoms with Gasteiger partial charge in [-0.25, -0.2) is 4.79 Å². The van der Waals surface area contributed by atoms with Gasteiger partial charge in [0.05, 0.1) is 14.5 Å². The van der Waals surface area contributed by atoms with E-state index in [-0.39, 0.29) is 0 Å². The number of alkyl halides is 1. The summed E-state index contributed by atoms with van der Waals surface area (Å²) in [5.74, 6) is -2.05. The number of esters is 2. The molecule has 0 radical (unpaired) electrons. The molecular formula is C12H16BrIO5. The van der Waals surface area contributed by atoms with Crippen molar-refractivity contribution >= 4 is 50.5 Å². The Labute approximate surface area is 134 Å². The molecule has 7 heteroatoms. The molecule has 1 rings (SSSR count). The summed E-state index contributed by atoms with van der Waals surface area (Å²) in [6, 6.07) is 0. The number of carbonyl (C=O) groups is 2. The van der Waals surface area contributed by atoms with Gasteiger partial charge in [0, 0.05) is 14.0 Å². The van der Waals surface area contributed by atoms with Gasteiger partial charge in [-0.2, -0.15) is 0 Å². The molecule has 1 heterocycles. The number of halogens is 2. The predicted octanol–water partition coefficient (Wildman–Crippen LogP) is 2.70. The standard InChI is InChI=1S/C12H16BrIO5/c1-4-5-8(18-7(2)15)9-10(13)12(6-14,17-3)19-11(9)16/h8H,4-6H2,1-3H3/t8-,12+/m1/s1. The van der Waals surface area contributed by atoms with Gasteiger partial charge in [0.1, 0.15) is 6.10 Å². The van der Waals surface area contributed by atoms with E-state index in [9.17, 15) is 9.59 Å². The highest BCUT2D eigenvalue weighted by molar-refractivity contribution is 14.1. The van der Waals surface area contributed by atoms with Crippen LogP contribution < -0.4 is 0 Å². The van der Waals surface area contributed by atoms with Gasteiger partial charge >= 0.3 is 11.9 Å². The SMILES string of the molecule is CCC[C@@H](OC(C)=O)C1=C(Br)[C@@](CI)(OC)OC1=O. The second-order valence-electron chi connectivity index (χ2n) is 4.09. The molecule has 0 amide bonds. The topological polar surface area (TPSA) is 61.8 Å². The molecule has 0 N–H and O–H groups in total. The van der Waals surface area contributed by atoms with Crippen molar-refractivity contribution in [3.05, 3.63) is 10.1 Å². The Morgan fingerprint density at radius 2 is 2.21 bits per heavy atom. The summed E-state index contributed by atoms with van der Waals surface area (Å²) < 4.78 is 16.8. The zero-order valence-corrected chi connectivity index (χ0v) is 14.7. The van der Waals surface area contributed by atoms with Gasteiger partial charge in [-0.1, -0.05) is 35.9 Å². The van der Waals surface area contributed by atoms with Crippen LogP contribution in [0.2, 0.25) is 0 Å². The van der Waals surface area contributed by atoms with Gasteiger partial charge in [-0.05, 0) is 22.4 Å². The zero-order chi connectivity index (χ0) is 14.6. The van der Waals surface area contributed by atoms with Crippen LogP contribution in [-0.2, 0) is 23.8 Å². The number of hydrogen-bond donors (Lipinski definition) is 0. The van der Waals surface area contributed by atoms with Crippen LogP contribution in [0.5, 0.6) is 0 Å². The van der Waals surface area contributed by atoms with E-state index >= 15 is 0 Å². The summed E-state index contributed by atoms with van der Waals surface area (Å²) in [7, 11) is 1.47. The Morgan fingerprint density at radius 3 is 2.58 bits per heavy atom. The summed E-state index contributed by atoms with van der Waals surface area (Å²) >= 11 is 5.44. The van der Waals surface area contributed by atoms with Gasteiger partial charge in [-0.15, -0.1) is 0 Å². The van der Waals surface area contributed by atoms with Crippen LogP contribution in [0.25, 0.3) is 0 Å². The minimum atomic E-state index is -1.11. The van der Waals surface area contributed by atoms with Crippen molar-refractivity contribution in [3.8, 4) is 0 Å². The van der Waals surface area contributed by atoms with E-state index in [4.69, 9.17) is 14.2 Å². The molecule has 1 aliphatic heterocycles. The molecule has 1 aliphatic rings. The third-order valence-electron chi connectivity index (χ3n) is 2.74. The van der Waals surface area contributed by atoms with Crippen LogP contribution in [0, 0.1) is 0 Å². The molecule has 5 nitrogen and oxygen atoms in total. The molecule has 19 heavy (non-hydrogen) atoms. The maximum Gasteiger partial charge on any atom is 0.341 e. The molecule has 0 aromatic carbocycles. The Balaban J connectivity index is 3.15. The molecule has 0 fully saturated rings. The Hall–Kier alpha value is -0.150. The van der Waals surface area contributed by atoms with Crippen LogP contribution in [0.3, 0.4) is 0 Å². The maximum atomic E-state index is 12.0. The molecule has 2 atom stereocenters. The highest BCUT2D eigenvalue weighted by atomic mass is 127. The van der Waals surface area contributed by atoms with E-state index in [1.54, 1.807) is 0 Å². The minimum absolute atomic E-state index is 0.329. The average molecular weight is 447 g/mol. The monoisotopic (exact) mass is 446 g/mol. The smallest absolute Gasteiger partial charge is 0.341 e. The lowest BCUT2D eigenvalue weighted by atomic mass is 10.0. The Morgan fingerprint density at radius 1 is 1.58 bits per heavy atom. The highest BCUT2D eigenvalue weighted by Gasteiger charge is 2.49. The average Bonchev–Trinajstić information content (AvgIpc) is 2.60. The van der Waals surface area contributed by atoms with Crippen molar-refractivity contribution in [2.24, 2.45) is 0 Å². The van der Waals surface area contributed by atoms with Crippen molar-refractivity contribution in [2.75, 3.05) is 11.5 Å². The number of rotatable bonds is 6. The molecule has 0 aliphatic carbocycles. The highest BCUT2D eigenvalue weighted by Crippen LogP contribution is 2.41. The maximum absolute atomic E-state index is 12.0. The summed E-state index contributed by atoms with van der Waals surface area (Å²) in [6.45, 7) is 3.27. The van der Waals surface area contributed by atoms with Crippen LogP contribution >= 0.6 is 38.5 Å². The van der Waals surface area contributed by atoms with E-state index in [2.05, 4.69) is 38.5 Å². The molecule has 0 spiro atoms. The van der Waals surface area contributed by atoms with Crippen LogP contribution in [0.1, 0.15) is 26.7 Å². The fraction of sp³-hybridized carbons (Fsp3) is 0.667. The lowest BCUT2D eigenvalue weighted by Gasteiger charge is -2.24. The van der Waals surface area contributed by atoms with Crippen LogP contribution in [0.4, 0.5) is 0 Å². The molecule has 0 bridgehead atoms. The van der Waals surface area contributed by atoms with Gasteiger partial charge in [0.15, 0.2) is 0 Å². The molecule has 0 aromatic rings. The molecular weight excluding hydrogens is 431 g/mol. The first-order chi connectivity index (χ1) is 8.91. The van der Waals surface area contributed by atoms with Gasteiger partial charge < -0.3 is 14.2 Å². The van der Waals surface area contributed by atoms with Gasteiger partial charge in [-0.3, -0.25) is 4.79 Å². The number of ether oxygens (including phenoxy) is 3. The molecule has 108 valence electrons. The summed E-state index contributed by atoms with van der Waals surface area (Å²) in [5, 5.41) is 0. The third kappa shape index (κ3) is 3.49. The fourth-order valence-corrected chi connectivity index (χ4v) is 3.99. The van der Waals surface area contributed by atoms with E-state index in [1.165, 1.54) is 14.0 Å². The first-order valence-electron chi connectivity index (χ1n) is 5.83. The third-order valence-corrected chi connectivity index (χ3v) is 4.77. The number of methoxy groups -OCH3 is 1. The second kappa shape index (κ2) is 7.03. The lowest BCUT2D eigenvalue weighted by molar-refractivity contribution is -0.180. The number of cyclic esters (lactones) is 1. The second-order valence-corrected chi connectivity index (χ2v) is 5.65. The van der Waals surface area contributed by atoms with E-state index < -0.39 is 23.8 Å². The van der Waals surface area contributed by atoms with Gasteiger partial charge in [0.2, 0.25) is 0 Å². The van der Waals surface area contributed by atoms with Crippen molar-refractivity contribution in [1.29, 1.82) is 0 Å². The fourth-order valence-electron chi connectivity index (χ4n) is 1.81. The summed E-state index contributed by atoms with van der Waals surface area (Å²) in [6.07, 6.45) is 0.726. The minimum Gasteiger partial charge on any atom is -0.457 e. The molecule has 0 saturated carbocycles. The zero-order valence-electron chi connectivity index (χ0n) is 11.0. The lowest BCUT2D eigenvalue weighted by Crippen LogP contribution is -2.34. The van der Waals surface area contributed by atoms with Gasteiger partial charge in [0.25, 0.3) is 5.79 Å². The van der Waals surface area contributed by atoms with Crippen molar-refractivity contribution in [1.82, 2.24) is 0 Å². The Bertz CT molecular complexity index is 403. The van der Waals surface area contributed by atoms with Crippen LogP contribution in [0.15, 0.2) is 10.1 Å². The number of carbonyl (C=O) groups excluding carboxylic acids is 2. The number of hydrogen-bond acceptors (Lipinski definition) is 5. The van der Waals surface area contributed by atoms with Crippen molar-refractivity contribution in [2.45, 2.75) is 38.6 Å².